The Hall–Kier alpha value is -2.48. The van der Waals surface area contributed by atoms with Gasteiger partial charge in [0.15, 0.2) is 0 Å². The van der Waals surface area contributed by atoms with Crippen LogP contribution in [0.4, 0.5) is 26.3 Å². The molecule has 3 aromatic carbocycles. The Balaban J connectivity index is 2.60. The SMILES string of the molecule is O=C(O)c1cc2cc(C(F)(F)F)cc(C(F)(F)F)c2c2ccc(Cl)cc12. The highest BCUT2D eigenvalue weighted by molar-refractivity contribution is 6.32. The molecule has 3 aromatic rings. The molecule has 2 nitrogen and oxygen atoms in total. The van der Waals surface area contributed by atoms with Crippen LogP contribution < -0.4 is 0 Å². The number of carboxylic acid groups (broad SMARTS) is 1. The first kappa shape index (κ1) is 18.3. The Morgan fingerprint density at radius 3 is 2.08 bits per heavy atom. The Morgan fingerprint density at radius 1 is 0.885 bits per heavy atom. The molecule has 0 saturated carbocycles. The average molecular weight is 393 g/mol. The van der Waals surface area contributed by atoms with Crippen LogP contribution in [0.3, 0.4) is 0 Å². The van der Waals surface area contributed by atoms with Crippen LogP contribution in [-0.2, 0) is 12.4 Å². The van der Waals surface area contributed by atoms with Gasteiger partial charge in [-0.05, 0) is 46.5 Å². The van der Waals surface area contributed by atoms with Gasteiger partial charge in [-0.25, -0.2) is 4.79 Å². The lowest BCUT2D eigenvalue weighted by molar-refractivity contribution is -0.142. The van der Waals surface area contributed by atoms with Gasteiger partial charge in [0.2, 0.25) is 0 Å². The normalized spacial score (nSPS) is 12.7. The second kappa shape index (κ2) is 5.77. The lowest BCUT2D eigenvalue weighted by Gasteiger charge is -2.17. The summed E-state index contributed by atoms with van der Waals surface area (Å²) in [5.41, 5.74) is -3.45. The van der Waals surface area contributed by atoms with E-state index in [2.05, 4.69) is 0 Å². The van der Waals surface area contributed by atoms with Gasteiger partial charge in [0.05, 0.1) is 16.7 Å². The summed E-state index contributed by atoms with van der Waals surface area (Å²) in [4.78, 5) is 11.4. The number of hydrogen-bond acceptors (Lipinski definition) is 1. The van der Waals surface area contributed by atoms with Crippen LogP contribution >= 0.6 is 11.6 Å². The Kier molecular flexibility index (Phi) is 4.06. The standard InChI is InChI=1S/C17H7ClF6O2/c18-9-1-2-10-11(6-9)12(15(25)26)4-7-3-8(16(19,20)21)5-13(14(7)10)17(22,23)24/h1-6H,(H,25,26). The van der Waals surface area contributed by atoms with E-state index in [4.69, 9.17) is 11.6 Å². The predicted molar refractivity (Wildman–Crippen MR) is 83.4 cm³/mol. The molecule has 0 atom stereocenters. The molecule has 0 spiro atoms. The largest absolute Gasteiger partial charge is 0.478 e. The van der Waals surface area contributed by atoms with Gasteiger partial charge >= 0.3 is 18.3 Å². The van der Waals surface area contributed by atoms with E-state index in [0.717, 1.165) is 18.2 Å². The van der Waals surface area contributed by atoms with Crippen LogP contribution in [0.2, 0.25) is 5.02 Å². The van der Waals surface area contributed by atoms with E-state index in [1.807, 2.05) is 0 Å². The molecule has 136 valence electrons. The van der Waals surface area contributed by atoms with Crippen LogP contribution in [0, 0.1) is 0 Å². The van der Waals surface area contributed by atoms with E-state index in [9.17, 15) is 36.2 Å². The zero-order chi connectivity index (χ0) is 19.4. The minimum Gasteiger partial charge on any atom is -0.478 e. The predicted octanol–water partition coefficient (Wildman–Crippen LogP) is 6.38. The highest BCUT2D eigenvalue weighted by atomic mass is 35.5. The van der Waals surface area contributed by atoms with Crippen molar-refractivity contribution in [2.24, 2.45) is 0 Å². The van der Waals surface area contributed by atoms with Gasteiger partial charge in [-0.3, -0.25) is 0 Å². The zero-order valence-corrected chi connectivity index (χ0v) is 13.2. The molecule has 0 unspecified atom stereocenters. The number of carboxylic acids is 1. The summed E-state index contributed by atoms with van der Waals surface area (Å²) >= 11 is 5.80. The molecule has 0 aromatic heterocycles. The molecule has 0 aliphatic rings. The van der Waals surface area contributed by atoms with Gasteiger partial charge < -0.3 is 5.11 Å². The molecule has 0 radical (unpaired) electrons. The maximum atomic E-state index is 13.4. The van der Waals surface area contributed by atoms with Crippen LogP contribution in [-0.4, -0.2) is 11.1 Å². The molecular weight excluding hydrogens is 386 g/mol. The summed E-state index contributed by atoms with van der Waals surface area (Å²) in [5.74, 6) is -1.50. The first-order chi connectivity index (χ1) is 11.9. The van der Waals surface area contributed by atoms with Crippen molar-refractivity contribution in [3.63, 3.8) is 0 Å². The third-order valence-corrected chi connectivity index (χ3v) is 4.11. The Labute approximate surface area is 146 Å². The van der Waals surface area contributed by atoms with Crippen LogP contribution in [0.15, 0.2) is 36.4 Å². The maximum absolute atomic E-state index is 13.4. The number of aromatic carboxylic acids is 1. The highest BCUT2D eigenvalue weighted by Gasteiger charge is 2.38. The van der Waals surface area contributed by atoms with E-state index >= 15 is 0 Å². The number of carbonyl (C=O) groups is 1. The summed E-state index contributed by atoms with van der Waals surface area (Å²) in [7, 11) is 0. The molecule has 0 fully saturated rings. The molecule has 26 heavy (non-hydrogen) atoms. The molecule has 0 amide bonds. The highest BCUT2D eigenvalue weighted by Crippen LogP contribution is 2.43. The number of fused-ring (bicyclic) bond motifs is 3. The summed E-state index contributed by atoms with van der Waals surface area (Å²) in [6, 6.07) is 4.89. The summed E-state index contributed by atoms with van der Waals surface area (Å²) < 4.78 is 79.4. The second-order valence-corrected chi connectivity index (χ2v) is 5.97. The fourth-order valence-electron chi connectivity index (χ4n) is 2.83. The van der Waals surface area contributed by atoms with Crippen molar-refractivity contribution in [3.8, 4) is 0 Å². The maximum Gasteiger partial charge on any atom is 0.417 e. The van der Waals surface area contributed by atoms with E-state index in [-0.39, 0.29) is 21.9 Å². The van der Waals surface area contributed by atoms with Crippen molar-refractivity contribution in [2.45, 2.75) is 12.4 Å². The fraction of sp³-hybridized carbons (Fsp3) is 0.118. The lowest BCUT2D eigenvalue weighted by Crippen LogP contribution is -2.12. The van der Waals surface area contributed by atoms with Gasteiger partial charge in [-0.1, -0.05) is 17.7 Å². The van der Waals surface area contributed by atoms with E-state index in [0.29, 0.717) is 6.07 Å². The molecule has 0 heterocycles. The second-order valence-electron chi connectivity index (χ2n) is 5.54. The number of hydrogen-bond donors (Lipinski definition) is 1. The molecule has 0 saturated heterocycles. The number of alkyl halides is 6. The Morgan fingerprint density at radius 2 is 1.54 bits per heavy atom. The van der Waals surface area contributed by atoms with Crippen LogP contribution in [0.25, 0.3) is 21.5 Å². The van der Waals surface area contributed by atoms with E-state index in [1.165, 1.54) is 6.07 Å². The molecule has 1 N–H and O–H groups in total. The molecular formula is C17H7ClF6O2. The number of rotatable bonds is 1. The minimum absolute atomic E-state index is 0.0246. The van der Waals surface area contributed by atoms with Crippen molar-refractivity contribution in [1.82, 2.24) is 0 Å². The van der Waals surface area contributed by atoms with Gasteiger partial charge in [-0.15, -0.1) is 0 Å². The molecule has 3 rings (SSSR count). The number of halogens is 7. The summed E-state index contributed by atoms with van der Waals surface area (Å²) in [6.45, 7) is 0. The molecule has 9 heteroatoms. The monoisotopic (exact) mass is 392 g/mol. The fourth-order valence-corrected chi connectivity index (χ4v) is 3.01. The van der Waals surface area contributed by atoms with E-state index < -0.39 is 45.8 Å². The van der Waals surface area contributed by atoms with Gasteiger partial charge in [0, 0.05) is 10.4 Å². The topological polar surface area (TPSA) is 37.3 Å². The smallest absolute Gasteiger partial charge is 0.417 e. The first-order valence-electron chi connectivity index (χ1n) is 6.97. The lowest BCUT2D eigenvalue weighted by atomic mass is 9.92. The Bertz CT molecular complexity index is 1050. The van der Waals surface area contributed by atoms with Crippen molar-refractivity contribution >= 4 is 39.1 Å². The van der Waals surface area contributed by atoms with Gasteiger partial charge in [0.25, 0.3) is 0 Å². The summed E-state index contributed by atoms with van der Waals surface area (Å²) in [5, 5.41) is 8.16. The molecule has 0 bridgehead atoms. The first-order valence-corrected chi connectivity index (χ1v) is 7.35. The van der Waals surface area contributed by atoms with Crippen molar-refractivity contribution < 1.29 is 36.2 Å². The zero-order valence-electron chi connectivity index (χ0n) is 12.5. The van der Waals surface area contributed by atoms with Gasteiger partial charge in [0.1, 0.15) is 0 Å². The molecule has 0 aliphatic carbocycles. The van der Waals surface area contributed by atoms with Crippen molar-refractivity contribution in [3.05, 3.63) is 58.1 Å². The minimum atomic E-state index is -5.07. The number of benzene rings is 3. The average Bonchev–Trinajstić information content (AvgIpc) is 2.50. The third-order valence-electron chi connectivity index (χ3n) is 3.87. The van der Waals surface area contributed by atoms with Crippen LogP contribution in [0.5, 0.6) is 0 Å². The summed E-state index contributed by atoms with van der Waals surface area (Å²) in [6.07, 6.45) is -10.1. The van der Waals surface area contributed by atoms with Crippen molar-refractivity contribution in [1.29, 1.82) is 0 Å². The van der Waals surface area contributed by atoms with E-state index in [1.54, 1.807) is 0 Å². The van der Waals surface area contributed by atoms with Crippen LogP contribution in [0.1, 0.15) is 21.5 Å². The van der Waals surface area contributed by atoms with Gasteiger partial charge in [-0.2, -0.15) is 26.3 Å². The third kappa shape index (κ3) is 3.05. The molecule has 0 aliphatic heterocycles. The van der Waals surface area contributed by atoms with Crippen molar-refractivity contribution in [2.75, 3.05) is 0 Å². The quantitative estimate of drug-likeness (QED) is 0.385.